The summed E-state index contributed by atoms with van der Waals surface area (Å²) in [5.41, 5.74) is -0.303. The topological polar surface area (TPSA) is 46.5 Å². The smallest absolute Gasteiger partial charge is 0.330 e. The molecular weight excluding hydrogens is 180 g/mol. The Balaban J connectivity index is 2.95. The molecule has 0 aromatic rings. The van der Waals surface area contributed by atoms with Crippen molar-refractivity contribution < 1.29 is 14.6 Å². The Bertz CT molecular complexity index is 274. The van der Waals surface area contributed by atoms with Crippen molar-refractivity contribution in [2.75, 3.05) is 7.11 Å². The minimum atomic E-state index is -0.902. The summed E-state index contributed by atoms with van der Waals surface area (Å²) in [7, 11) is 1.34. The van der Waals surface area contributed by atoms with E-state index in [0.717, 1.165) is 18.4 Å². The normalized spacial score (nSPS) is 33.4. The van der Waals surface area contributed by atoms with Crippen LogP contribution in [0, 0.1) is 5.41 Å². The van der Waals surface area contributed by atoms with Gasteiger partial charge in [-0.1, -0.05) is 13.8 Å². The summed E-state index contributed by atoms with van der Waals surface area (Å²) in [4.78, 5) is 11.1. The fourth-order valence-electron chi connectivity index (χ4n) is 1.78. The number of aliphatic hydroxyl groups is 1. The van der Waals surface area contributed by atoms with E-state index in [4.69, 9.17) is 0 Å². The van der Waals surface area contributed by atoms with Gasteiger partial charge in [-0.25, -0.2) is 4.79 Å². The van der Waals surface area contributed by atoms with E-state index in [1.54, 1.807) is 6.92 Å². The van der Waals surface area contributed by atoms with Gasteiger partial charge < -0.3 is 9.84 Å². The molecule has 1 unspecified atom stereocenters. The largest absolute Gasteiger partial charge is 0.466 e. The maximum Gasteiger partial charge on any atom is 0.330 e. The van der Waals surface area contributed by atoms with Crippen LogP contribution in [0.3, 0.4) is 0 Å². The Kier molecular flexibility index (Phi) is 2.72. The summed E-state index contributed by atoms with van der Waals surface area (Å²) in [6, 6.07) is 0. The molecule has 0 amide bonds. The van der Waals surface area contributed by atoms with Crippen LogP contribution in [0.5, 0.6) is 0 Å². The molecule has 0 saturated heterocycles. The molecule has 14 heavy (non-hydrogen) atoms. The lowest BCUT2D eigenvalue weighted by molar-refractivity contribution is -0.135. The summed E-state index contributed by atoms with van der Waals surface area (Å²) >= 11 is 0. The van der Waals surface area contributed by atoms with E-state index in [2.05, 4.69) is 4.74 Å². The third kappa shape index (κ3) is 1.69. The molecular formula is C11H18O3. The predicted molar refractivity (Wildman–Crippen MR) is 53.7 cm³/mol. The Hall–Kier alpha value is -0.830. The molecule has 80 valence electrons. The van der Waals surface area contributed by atoms with Gasteiger partial charge in [0.15, 0.2) is 0 Å². The van der Waals surface area contributed by atoms with Crippen LogP contribution in [0.25, 0.3) is 0 Å². The number of hydrogen-bond acceptors (Lipinski definition) is 3. The maximum absolute atomic E-state index is 11.1. The van der Waals surface area contributed by atoms with Crippen molar-refractivity contribution in [1.82, 2.24) is 0 Å². The molecule has 1 aliphatic rings. The van der Waals surface area contributed by atoms with Gasteiger partial charge in [-0.15, -0.1) is 0 Å². The first-order valence-electron chi connectivity index (χ1n) is 4.82. The molecule has 1 saturated carbocycles. The van der Waals surface area contributed by atoms with Gasteiger partial charge in [0.2, 0.25) is 0 Å². The summed E-state index contributed by atoms with van der Waals surface area (Å²) < 4.78 is 4.55. The lowest BCUT2D eigenvalue weighted by Crippen LogP contribution is -2.37. The van der Waals surface area contributed by atoms with Crippen LogP contribution in [0.1, 0.15) is 33.6 Å². The Morgan fingerprint density at radius 1 is 1.50 bits per heavy atom. The first-order valence-corrected chi connectivity index (χ1v) is 4.82. The zero-order valence-corrected chi connectivity index (χ0v) is 9.26. The number of carbonyl (C=O) groups is 1. The molecule has 0 heterocycles. The molecule has 0 aromatic heterocycles. The SMILES string of the molecule is COC(=O)/C=C1/CCC(C)(C)C1(C)O. The number of esters is 1. The lowest BCUT2D eigenvalue weighted by Gasteiger charge is -2.33. The van der Waals surface area contributed by atoms with E-state index in [1.165, 1.54) is 13.2 Å². The Morgan fingerprint density at radius 2 is 2.07 bits per heavy atom. The molecule has 0 aliphatic heterocycles. The summed E-state index contributed by atoms with van der Waals surface area (Å²) in [6.45, 7) is 5.77. The average Bonchev–Trinajstić information content (AvgIpc) is 2.28. The van der Waals surface area contributed by atoms with Gasteiger partial charge in [-0.2, -0.15) is 0 Å². The zero-order valence-electron chi connectivity index (χ0n) is 9.26. The Labute approximate surface area is 84.8 Å². The van der Waals surface area contributed by atoms with Crippen LogP contribution in [0.15, 0.2) is 11.6 Å². The van der Waals surface area contributed by atoms with Crippen LogP contribution in [0.4, 0.5) is 0 Å². The second-order valence-corrected chi connectivity index (χ2v) is 4.65. The van der Waals surface area contributed by atoms with Crippen LogP contribution < -0.4 is 0 Å². The molecule has 1 fully saturated rings. The van der Waals surface area contributed by atoms with Crippen molar-refractivity contribution >= 4 is 5.97 Å². The third-order valence-corrected chi connectivity index (χ3v) is 3.46. The molecule has 0 radical (unpaired) electrons. The van der Waals surface area contributed by atoms with Gasteiger partial charge in [-0.05, 0) is 30.8 Å². The van der Waals surface area contributed by atoms with Crippen molar-refractivity contribution in [3.8, 4) is 0 Å². The van der Waals surface area contributed by atoms with E-state index in [1.807, 2.05) is 13.8 Å². The van der Waals surface area contributed by atoms with E-state index < -0.39 is 11.6 Å². The average molecular weight is 198 g/mol. The Morgan fingerprint density at radius 3 is 2.43 bits per heavy atom. The van der Waals surface area contributed by atoms with Crippen molar-refractivity contribution in [2.45, 2.75) is 39.2 Å². The van der Waals surface area contributed by atoms with E-state index >= 15 is 0 Å². The standard InChI is InChI=1S/C11H18O3/c1-10(2)6-5-8(11(10,3)13)7-9(12)14-4/h7,13H,5-6H2,1-4H3/b8-7-. The molecule has 0 aromatic carbocycles. The monoisotopic (exact) mass is 198 g/mol. The van der Waals surface area contributed by atoms with Gasteiger partial charge in [0.05, 0.1) is 12.7 Å². The van der Waals surface area contributed by atoms with Crippen molar-refractivity contribution in [1.29, 1.82) is 0 Å². The number of rotatable bonds is 1. The van der Waals surface area contributed by atoms with Crippen LogP contribution in [-0.2, 0) is 9.53 Å². The predicted octanol–water partition coefficient (Wildman–Crippen LogP) is 1.66. The number of ether oxygens (including phenoxy) is 1. The maximum atomic E-state index is 11.1. The first kappa shape index (κ1) is 11.2. The highest BCUT2D eigenvalue weighted by atomic mass is 16.5. The second-order valence-electron chi connectivity index (χ2n) is 4.65. The first-order chi connectivity index (χ1) is 6.31. The highest BCUT2D eigenvalue weighted by Gasteiger charge is 2.47. The van der Waals surface area contributed by atoms with Gasteiger partial charge in [0.25, 0.3) is 0 Å². The summed E-state index contributed by atoms with van der Waals surface area (Å²) in [6.07, 6.45) is 3.06. The van der Waals surface area contributed by atoms with Gasteiger partial charge in [-0.3, -0.25) is 0 Å². The molecule has 3 heteroatoms. The molecule has 1 N–H and O–H groups in total. The van der Waals surface area contributed by atoms with E-state index in [9.17, 15) is 9.90 Å². The highest BCUT2D eigenvalue weighted by Crippen LogP contribution is 2.48. The molecule has 1 rings (SSSR count). The molecule has 1 aliphatic carbocycles. The van der Waals surface area contributed by atoms with Crippen molar-refractivity contribution in [3.05, 3.63) is 11.6 Å². The zero-order chi connectivity index (χ0) is 11.0. The minimum absolute atomic E-state index is 0.174. The number of methoxy groups -OCH3 is 1. The third-order valence-electron chi connectivity index (χ3n) is 3.46. The fourth-order valence-corrected chi connectivity index (χ4v) is 1.78. The fraction of sp³-hybridized carbons (Fsp3) is 0.727. The van der Waals surface area contributed by atoms with Gasteiger partial charge >= 0.3 is 5.97 Å². The van der Waals surface area contributed by atoms with Crippen molar-refractivity contribution in [3.63, 3.8) is 0 Å². The summed E-state index contributed by atoms with van der Waals surface area (Å²) in [5.74, 6) is -0.391. The number of carbonyl (C=O) groups excluding carboxylic acids is 1. The van der Waals surface area contributed by atoms with Crippen LogP contribution in [0.2, 0.25) is 0 Å². The van der Waals surface area contributed by atoms with E-state index in [-0.39, 0.29) is 5.41 Å². The van der Waals surface area contributed by atoms with Crippen LogP contribution >= 0.6 is 0 Å². The van der Waals surface area contributed by atoms with Crippen molar-refractivity contribution in [2.24, 2.45) is 5.41 Å². The highest BCUT2D eigenvalue weighted by molar-refractivity contribution is 5.83. The molecule has 0 bridgehead atoms. The quantitative estimate of drug-likeness (QED) is 0.515. The van der Waals surface area contributed by atoms with Crippen LogP contribution in [-0.4, -0.2) is 23.8 Å². The van der Waals surface area contributed by atoms with Gasteiger partial charge in [0, 0.05) is 6.08 Å². The number of hydrogen-bond donors (Lipinski definition) is 1. The molecule has 1 atom stereocenters. The second kappa shape index (κ2) is 3.39. The molecule has 0 spiro atoms. The molecule has 3 nitrogen and oxygen atoms in total. The minimum Gasteiger partial charge on any atom is -0.466 e. The van der Waals surface area contributed by atoms with E-state index in [0.29, 0.717) is 0 Å². The lowest BCUT2D eigenvalue weighted by atomic mass is 9.78. The summed E-state index contributed by atoms with van der Waals surface area (Å²) in [5, 5.41) is 10.3. The van der Waals surface area contributed by atoms with Gasteiger partial charge in [0.1, 0.15) is 0 Å².